The summed E-state index contributed by atoms with van der Waals surface area (Å²) >= 11 is 0. The van der Waals surface area contributed by atoms with Gasteiger partial charge in [0.05, 0.1) is 0 Å². The number of carbonyl (C=O) groups excluding carboxylic acids is 3. The van der Waals surface area contributed by atoms with Crippen molar-refractivity contribution in [3.63, 3.8) is 0 Å². The van der Waals surface area contributed by atoms with Crippen LogP contribution in [-0.4, -0.2) is 54.7 Å². The average Bonchev–Trinajstić information content (AvgIpc) is 3.13. The fourth-order valence-electron chi connectivity index (χ4n) is 3.91. The summed E-state index contributed by atoms with van der Waals surface area (Å²) in [4.78, 5) is 47.7. The molecule has 174 valence electrons. The van der Waals surface area contributed by atoms with E-state index in [0.717, 1.165) is 22.3 Å². The normalized spacial score (nSPS) is 13.8. The number of amides is 3. The maximum absolute atomic E-state index is 12.6. The molecule has 1 aliphatic carbocycles. The second-order valence-corrected chi connectivity index (χ2v) is 7.80. The Bertz CT molecular complexity index is 1010. The standard InChI is InChI=1S/C24H27N3O6/c1-14(22(30)25-2)26-23(31)20(11-12-21(28)29)27-24(32)33-13-19-17-9-5-3-7-15(17)16-8-4-6-10-18(16)19/h3-10,14,19-20H,11-13H2,1-2H3,(H,25,30)(H,26,31)(H,27,32)(H,28,29)/t14-,20?/m0/s1. The Morgan fingerprint density at radius 3 is 2.06 bits per heavy atom. The molecule has 33 heavy (non-hydrogen) atoms. The van der Waals surface area contributed by atoms with Gasteiger partial charge in [0.1, 0.15) is 18.7 Å². The topological polar surface area (TPSA) is 134 Å². The van der Waals surface area contributed by atoms with Crippen molar-refractivity contribution in [1.82, 2.24) is 16.0 Å². The lowest BCUT2D eigenvalue weighted by Crippen LogP contribution is -2.52. The van der Waals surface area contributed by atoms with E-state index >= 15 is 0 Å². The van der Waals surface area contributed by atoms with E-state index in [-0.39, 0.29) is 25.4 Å². The largest absolute Gasteiger partial charge is 0.481 e. The number of rotatable bonds is 9. The molecule has 3 amide bonds. The van der Waals surface area contributed by atoms with Crippen LogP contribution in [0.25, 0.3) is 11.1 Å². The number of carboxylic acids is 1. The molecule has 0 heterocycles. The van der Waals surface area contributed by atoms with E-state index in [1.54, 1.807) is 0 Å². The first-order valence-electron chi connectivity index (χ1n) is 10.7. The SMILES string of the molecule is CNC(=O)[C@H](C)NC(=O)C(CCC(=O)O)NC(=O)OCC1c2ccccc2-c2ccccc21. The van der Waals surface area contributed by atoms with Crippen molar-refractivity contribution in [3.05, 3.63) is 59.7 Å². The van der Waals surface area contributed by atoms with Crippen molar-refractivity contribution in [2.75, 3.05) is 13.7 Å². The molecular formula is C24H27N3O6. The molecular weight excluding hydrogens is 426 g/mol. The second kappa shape index (κ2) is 10.6. The number of nitrogens with one attached hydrogen (secondary N) is 3. The van der Waals surface area contributed by atoms with Crippen LogP contribution in [-0.2, 0) is 19.1 Å². The Morgan fingerprint density at radius 2 is 1.52 bits per heavy atom. The number of likely N-dealkylation sites (N-methyl/N-ethyl adjacent to an activating group) is 1. The van der Waals surface area contributed by atoms with Crippen molar-refractivity contribution >= 4 is 23.9 Å². The first-order chi connectivity index (χ1) is 15.8. The zero-order valence-corrected chi connectivity index (χ0v) is 18.5. The van der Waals surface area contributed by atoms with Crippen LogP contribution in [0.3, 0.4) is 0 Å². The number of fused-ring (bicyclic) bond motifs is 3. The van der Waals surface area contributed by atoms with Crippen molar-refractivity contribution < 1.29 is 29.0 Å². The van der Waals surface area contributed by atoms with Crippen LogP contribution < -0.4 is 16.0 Å². The van der Waals surface area contributed by atoms with Crippen molar-refractivity contribution in [2.45, 2.75) is 37.8 Å². The smallest absolute Gasteiger partial charge is 0.407 e. The minimum atomic E-state index is -1.16. The van der Waals surface area contributed by atoms with Gasteiger partial charge in [0.25, 0.3) is 0 Å². The van der Waals surface area contributed by atoms with Crippen LogP contribution in [0.15, 0.2) is 48.5 Å². The average molecular weight is 453 g/mol. The van der Waals surface area contributed by atoms with Crippen LogP contribution in [0.2, 0.25) is 0 Å². The highest BCUT2D eigenvalue weighted by atomic mass is 16.5. The number of hydrogen-bond acceptors (Lipinski definition) is 5. The van der Waals surface area contributed by atoms with Gasteiger partial charge in [-0.3, -0.25) is 14.4 Å². The lowest BCUT2D eigenvalue weighted by molar-refractivity contribution is -0.137. The summed E-state index contributed by atoms with van der Waals surface area (Å²) in [6.07, 6.45) is -1.32. The fourth-order valence-corrected chi connectivity index (χ4v) is 3.91. The van der Waals surface area contributed by atoms with Gasteiger partial charge in [0, 0.05) is 19.4 Å². The molecule has 3 rings (SSSR count). The van der Waals surface area contributed by atoms with Crippen LogP contribution >= 0.6 is 0 Å². The van der Waals surface area contributed by atoms with Gasteiger partial charge in [-0.25, -0.2) is 4.79 Å². The molecule has 4 N–H and O–H groups in total. The highest BCUT2D eigenvalue weighted by Gasteiger charge is 2.30. The van der Waals surface area contributed by atoms with Gasteiger partial charge in [-0.1, -0.05) is 48.5 Å². The highest BCUT2D eigenvalue weighted by Crippen LogP contribution is 2.44. The zero-order valence-electron chi connectivity index (χ0n) is 18.5. The molecule has 0 aromatic heterocycles. The number of ether oxygens (including phenoxy) is 1. The zero-order chi connectivity index (χ0) is 24.0. The summed E-state index contributed by atoms with van der Waals surface area (Å²) in [6.45, 7) is 1.54. The van der Waals surface area contributed by atoms with E-state index in [1.165, 1.54) is 14.0 Å². The first kappa shape index (κ1) is 23.8. The molecule has 2 aromatic carbocycles. The van der Waals surface area contributed by atoms with Gasteiger partial charge in [-0.05, 0) is 35.6 Å². The molecule has 2 atom stereocenters. The van der Waals surface area contributed by atoms with Gasteiger partial charge in [-0.2, -0.15) is 0 Å². The number of hydrogen-bond donors (Lipinski definition) is 4. The Hall–Kier alpha value is -3.88. The quantitative estimate of drug-likeness (QED) is 0.459. The van der Waals surface area contributed by atoms with E-state index in [1.807, 2.05) is 48.5 Å². The number of alkyl carbamates (subject to hydrolysis) is 1. The molecule has 9 nitrogen and oxygen atoms in total. The summed E-state index contributed by atoms with van der Waals surface area (Å²) < 4.78 is 5.44. The first-order valence-corrected chi connectivity index (χ1v) is 10.7. The fraction of sp³-hybridized carbons (Fsp3) is 0.333. The third kappa shape index (κ3) is 5.68. The summed E-state index contributed by atoms with van der Waals surface area (Å²) in [5.41, 5.74) is 4.27. The minimum absolute atomic E-state index is 0.0573. The van der Waals surface area contributed by atoms with E-state index < -0.39 is 36.0 Å². The predicted octanol–water partition coefficient (Wildman–Crippen LogP) is 2.01. The number of carbonyl (C=O) groups is 4. The molecule has 0 fully saturated rings. The number of aliphatic carboxylic acids is 1. The molecule has 0 spiro atoms. The van der Waals surface area contributed by atoms with Crippen molar-refractivity contribution in [3.8, 4) is 11.1 Å². The van der Waals surface area contributed by atoms with Crippen molar-refractivity contribution in [2.24, 2.45) is 0 Å². The van der Waals surface area contributed by atoms with Crippen LogP contribution in [0, 0.1) is 0 Å². The Balaban J connectivity index is 1.66. The Labute approximate surface area is 191 Å². The monoisotopic (exact) mass is 453 g/mol. The van der Waals surface area contributed by atoms with E-state index in [4.69, 9.17) is 9.84 Å². The lowest BCUT2D eigenvalue weighted by Gasteiger charge is -2.21. The number of carboxylic acid groups (broad SMARTS) is 1. The van der Waals surface area contributed by atoms with E-state index in [2.05, 4.69) is 16.0 Å². The predicted molar refractivity (Wildman–Crippen MR) is 121 cm³/mol. The van der Waals surface area contributed by atoms with Crippen LogP contribution in [0.5, 0.6) is 0 Å². The van der Waals surface area contributed by atoms with E-state index in [9.17, 15) is 19.2 Å². The number of benzene rings is 2. The maximum atomic E-state index is 12.6. The Kier molecular flexibility index (Phi) is 7.66. The molecule has 9 heteroatoms. The summed E-state index contributed by atoms with van der Waals surface area (Å²) in [5.74, 6) is -2.34. The van der Waals surface area contributed by atoms with Gasteiger partial charge < -0.3 is 25.8 Å². The molecule has 0 saturated carbocycles. The molecule has 0 aliphatic heterocycles. The van der Waals surface area contributed by atoms with Gasteiger partial charge in [-0.15, -0.1) is 0 Å². The summed E-state index contributed by atoms with van der Waals surface area (Å²) in [7, 11) is 1.43. The molecule has 0 radical (unpaired) electrons. The molecule has 2 aromatic rings. The van der Waals surface area contributed by atoms with E-state index in [0.29, 0.717) is 0 Å². The van der Waals surface area contributed by atoms with Crippen LogP contribution in [0.4, 0.5) is 4.79 Å². The van der Waals surface area contributed by atoms with Gasteiger partial charge >= 0.3 is 12.1 Å². The highest BCUT2D eigenvalue weighted by molar-refractivity contribution is 5.91. The summed E-state index contributed by atoms with van der Waals surface area (Å²) in [5, 5.41) is 16.3. The molecule has 0 bridgehead atoms. The Morgan fingerprint density at radius 1 is 0.939 bits per heavy atom. The summed E-state index contributed by atoms with van der Waals surface area (Å²) in [6, 6.07) is 13.8. The lowest BCUT2D eigenvalue weighted by atomic mass is 9.98. The van der Waals surface area contributed by atoms with Gasteiger partial charge in [0.15, 0.2) is 0 Å². The van der Waals surface area contributed by atoms with Gasteiger partial charge in [0.2, 0.25) is 11.8 Å². The third-order valence-corrected chi connectivity index (χ3v) is 5.60. The molecule has 1 unspecified atom stereocenters. The molecule has 1 aliphatic rings. The van der Waals surface area contributed by atoms with Crippen LogP contribution in [0.1, 0.15) is 36.8 Å². The molecule has 0 saturated heterocycles. The third-order valence-electron chi connectivity index (χ3n) is 5.60. The second-order valence-electron chi connectivity index (χ2n) is 7.80. The van der Waals surface area contributed by atoms with Crippen molar-refractivity contribution in [1.29, 1.82) is 0 Å². The maximum Gasteiger partial charge on any atom is 0.407 e. The minimum Gasteiger partial charge on any atom is -0.481 e.